The second-order valence-corrected chi connectivity index (χ2v) is 6.70. The fraction of sp³-hybridized carbons (Fsp3) is 0.261. The molecule has 1 heterocycles. The molecule has 0 bridgehead atoms. The minimum Gasteiger partial charge on any atom is -0.452 e. The van der Waals surface area contributed by atoms with Gasteiger partial charge in [-0.1, -0.05) is 65.8 Å². The highest BCUT2D eigenvalue weighted by molar-refractivity contribution is 5.98. The second-order valence-electron chi connectivity index (χ2n) is 6.70. The Bertz CT molecular complexity index is 970. The van der Waals surface area contributed by atoms with Gasteiger partial charge in [0.05, 0.1) is 6.61 Å². The minimum absolute atomic E-state index is 0.223. The van der Waals surface area contributed by atoms with Crippen molar-refractivity contribution in [1.29, 1.82) is 0 Å². The number of nitrogens with zero attached hydrogens (tertiary/aromatic N) is 2. The summed E-state index contributed by atoms with van der Waals surface area (Å²) in [7, 11) is 1.57. The number of aromatic nitrogens is 1. The third-order valence-electron chi connectivity index (χ3n) is 4.58. The van der Waals surface area contributed by atoms with Crippen LogP contribution in [-0.4, -0.2) is 48.8 Å². The topological polar surface area (TPSA) is 81.9 Å². The van der Waals surface area contributed by atoms with Crippen molar-refractivity contribution in [3.8, 4) is 11.3 Å². The van der Waals surface area contributed by atoms with E-state index in [0.29, 0.717) is 31.2 Å². The van der Waals surface area contributed by atoms with Gasteiger partial charge in [-0.15, -0.1) is 0 Å². The molecular weight excluding hydrogens is 384 g/mol. The van der Waals surface area contributed by atoms with Crippen LogP contribution in [0.15, 0.2) is 65.2 Å². The summed E-state index contributed by atoms with van der Waals surface area (Å²) in [4.78, 5) is 27.0. The van der Waals surface area contributed by atoms with Gasteiger partial charge in [0.15, 0.2) is 6.61 Å². The Hall–Kier alpha value is -3.45. The smallest absolute Gasteiger partial charge is 0.344 e. The van der Waals surface area contributed by atoms with Crippen LogP contribution in [0.2, 0.25) is 0 Å². The summed E-state index contributed by atoms with van der Waals surface area (Å²) in [5.74, 6) is -0.612. The van der Waals surface area contributed by atoms with E-state index in [1.54, 1.807) is 18.9 Å². The molecule has 0 fully saturated rings. The predicted molar refractivity (Wildman–Crippen MR) is 111 cm³/mol. The second kappa shape index (κ2) is 10.4. The van der Waals surface area contributed by atoms with Crippen LogP contribution in [0.25, 0.3) is 11.3 Å². The lowest BCUT2D eigenvalue weighted by molar-refractivity contribution is -0.135. The molecule has 0 saturated heterocycles. The van der Waals surface area contributed by atoms with Crippen LogP contribution in [0.4, 0.5) is 0 Å². The van der Waals surface area contributed by atoms with Crippen molar-refractivity contribution in [3.63, 3.8) is 0 Å². The van der Waals surface area contributed by atoms with Gasteiger partial charge in [0.2, 0.25) is 0 Å². The molecule has 0 aliphatic rings. The Kier molecular flexibility index (Phi) is 7.34. The predicted octanol–water partition coefficient (Wildman–Crippen LogP) is 3.48. The molecule has 0 aliphatic heterocycles. The van der Waals surface area contributed by atoms with Crippen LogP contribution in [-0.2, 0) is 20.8 Å². The van der Waals surface area contributed by atoms with Gasteiger partial charge in [0.25, 0.3) is 5.91 Å². The molecule has 0 N–H and O–H groups in total. The molecule has 156 valence electrons. The molecule has 7 heteroatoms. The number of hydrogen-bond donors (Lipinski definition) is 0. The summed E-state index contributed by atoms with van der Waals surface area (Å²) in [5, 5.41) is 3.98. The summed E-state index contributed by atoms with van der Waals surface area (Å²) < 4.78 is 15.6. The van der Waals surface area contributed by atoms with Gasteiger partial charge in [-0.05, 0) is 12.5 Å². The molecule has 0 spiro atoms. The number of carbonyl (C=O) groups excluding carboxylic acids is 2. The van der Waals surface area contributed by atoms with Crippen LogP contribution in [0.1, 0.15) is 21.7 Å². The maximum atomic E-state index is 12.7. The van der Waals surface area contributed by atoms with Crippen molar-refractivity contribution in [1.82, 2.24) is 10.1 Å². The Morgan fingerprint density at radius 3 is 2.37 bits per heavy atom. The SMILES string of the molecule is COCCN(Cc1ccccc1)C(=O)COC(=O)c1c(-c2ccccc2)noc1C. The number of rotatable bonds is 9. The third-order valence-corrected chi connectivity index (χ3v) is 4.58. The molecule has 0 saturated carbocycles. The zero-order valence-electron chi connectivity index (χ0n) is 17.0. The van der Waals surface area contributed by atoms with Crippen molar-refractivity contribution >= 4 is 11.9 Å². The number of carbonyl (C=O) groups is 2. The van der Waals surface area contributed by atoms with Crippen LogP contribution in [0.5, 0.6) is 0 Å². The van der Waals surface area contributed by atoms with Gasteiger partial charge < -0.3 is 18.9 Å². The number of benzene rings is 2. The van der Waals surface area contributed by atoms with E-state index >= 15 is 0 Å². The number of aryl methyl sites for hydroxylation is 1. The molecule has 1 aromatic heterocycles. The van der Waals surface area contributed by atoms with Gasteiger partial charge in [-0.3, -0.25) is 4.79 Å². The van der Waals surface area contributed by atoms with Crippen molar-refractivity contribution in [3.05, 3.63) is 77.6 Å². The number of hydrogen-bond acceptors (Lipinski definition) is 6. The Labute approximate surface area is 175 Å². The number of methoxy groups -OCH3 is 1. The van der Waals surface area contributed by atoms with Gasteiger partial charge in [0, 0.05) is 25.8 Å². The van der Waals surface area contributed by atoms with Crippen molar-refractivity contribution in [2.45, 2.75) is 13.5 Å². The largest absolute Gasteiger partial charge is 0.452 e. The maximum Gasteiger partial charge on any atom is 0.344 e. The van der Waals surface area contributed by atoms with Gasteiger partial charge >= 0.3 is 5.97 Å². The molecular formula is C23H24N2O5. The van der Waals surface area contributed by atoms with Crippen molar-refractivity contribution in [2.75, 3.05) is 26.9 Å². The number of esters is 1. The van der Waals surface area contributed by atoms with Gasteiger partial charge in [-0.2, -0.15) is 0 Å². The fourth-order valence-electron chi connectivity index (χ4n) is 2.99. The number of ether oxygens (including phenoxy) is 2. The van der Waals surface area contributed by atoms with E-state index in [1.807, 2.05) is 60.7 Å². The first-order valence-corrected chi connectivity index (χ1v) is 9.59. The van der Waals surface area contributed by atoms with E-state index in [1.165, 1.54) is 0 Å². The zero-order chi connectivity index (χ0) is 21.3. The number of amides is 1. The third kappa shape index (κ3) is 5.33. The Balaban J connectivity index is 1.68. The highest BCUT2D eigenvalue weighted by Gasteiger charge is 2.24. The van der Waals surface area contributed by atoms with Crippen molar-refractivity contribution < 1.29 is 23.6 Å². The first-order valence-electron chi connectivity index (χ1n) is 9.59. The van der Waals surface area contributed by atoms with E-state index in [9.17, 15) is 9.59 Å². The molecule has 30 heavy (non-hydrogen) atoms. The van der Waals surface area contributed by atoms with Gasteiger partial charge in [-0.25, -0.2) is 4.79 Å². The molecule has 0 aliphatic carbocycles. The van der Waals surface area contributed by atoms with E-state index in [-0.39, 0.29) is 18.1 Å². The van der Waals surface area contributed by atoms with E-state index < -0.39 is 5.97 Å². The molecule has 0 atom stereocenters. The lowest BCUT2D eigenvalue weighted by Gasteiger charge is -2.22. The highest BCUT2D eigenvalue weighted by Crippen LogP contribution is 2.25. The van der Waals surface area contributed by atoms with E-state index in [0.717, 1.165) is 11.1 Å². The average molecular weight is 408 g/mol. The highest BCUT2D eigenvalue weighted by atomic mass is 16.5. The molecule has 0 radical (unpaired) electrons. The first kappa shape index (κ1) is 21.3. The summed E-state index contributed by atoms with van der Waals surface area (Å²) in [6.45, 7) is 2.44. The quantitative estimate of drug-likeness (QED) is 0.504. The van der Waals surface area contributed by atoms with Crippen LogP contribution in [0.3, 0.4) is 0 Å². The lowest BCUT2D eigenvalue weighted by atomic mass is 10.1. The molecule has 2 aromatic carbocycles. The molecule has 7 nitrogen and oxygen atoms in total. The standard InChI is InChI=1S/C23H24N2O5/c1-17-21(22(24-30-17)19-11-7-4-8-12-19)23(27)29-16-20(26)25(13-14-28-2)15-18-9-5-3-6-10-18/h3-12H,13-16H2,1-2H3. The molecule has 3 aromatic rings. The van der Waals surface area contributed by atoms with Crippen LogP contribution < -0.4 is 0 Å². The van der Waals surface area contributed by atoms with Crippen LogP contribution >= 0.6 is 0 Å². The normalized spacial score (nSPS) is 10.6. The van der Waals surface area contributed by atoms with Gasteiger partial charge in [0.1, 0.15) is 17.0 Å². The summed E-state index contributed by atoms with van der Waals surface area (Å²) in [6, 6.07) is 18.8. The molecule has 3 rings (SSSR count). The Morgan fingerprint density at radius 1 is 1.03 bits per heavy atom. The molecule has 0 unspecified atom stereocenters. The monoisotopic (exact) mass is 408 g/mol. The fourth-order valence-corrected chi connectivity index (χ4v) is 2.99. The lowest BCUT2D eigenvalue weighted by Crippen LogP contribution is -2.36. The Morgan fingerprint density at radius 2 is 1.70 bits per heavy atom. The molecule has 1 amide bonds. The van der Waals surface area contributed by atoms with Crippen molar-refractivity contribution in [2.24, 2.45) is 0 Å². The van der Waals surface area contributed by atoms with Crippen LogP contribution in [0, 0.1) is 6.92 Å². The minimum atomic E-state index is -0.646. The van der Waals surface area contributed by atoms with E-state index in [4.69, 9.17) is 14.0 Å². The summed E-state index contributed by atoms with van der Waals surface area (Å²) >= 11 is 0. The maximum absolute atomic E-state index is 12.7. The first-order chi connectivity index (χ1) is 14.6. The average Bonchev–Trinajstić information content (AvgIpc) is 3.17. The summed E-state index contributed by atoms with van der Waals surface area (Å²) in [6.07, 6.45) is 0. The zero-order valence-corrected chi connectivity index (χ0v) is 17.0. The summed E-state index contributed by atoms with van der Waals surface area (Å²) in [5.41, 5.74) is 2.33. The van der Waals surface area contributed by atoms with E-state index in [2.05, 4.69) is 5.16 Å².